The SMILES string of the molecule is CC(C)(C)OC(=O)C(C)(C)O/N=C(/Cc1c[se]c(NC(c2ccccc2)(c2ccccc2)c2ccccc2)n1)C(=O)O. The van der Waals surface area contributed by atoms with Crippen LogP contribution in [0, 0.1) is 0 Å². The van der Waals surface area contributed by atoms with Crippen molar-refractivity contribution in [1.82, 2.24) is 4.98 Å². The molecule has 0 bridgehead atoms. The van der Waals surface area contributed by atoms with Gasteiger partial charge in [-0.05, 0) is 0 Å². The first-order valence-electron chi connectivity index (χ1n) is 13.5. The Kier molecular flexibility index (Phi) is 9.34. The van der Waals surface area contributed by atoms with E-state index in [-0.39, 0.29) is 26.6 Å². The number of nitrogens with one attached hydrogen (secondary N) is 1. The molecular weight excluding hydrogens is 597 g/mol. The zero-order valence-corrected chi connectivity index (χ0v) is 26.0. The van der Waals surface area contributed by atoms with Gasteiger partial charge in [0.25, 0.3) is 0 Å². The minimum absolute atomic E-state index is 0.0678. The minimum atomic E-state index is -1.47. The van der Waals surface area contributed by atoms with Crippen LogP contribution in [-0.4, -0.2) is 53.4 Å². The summed E-state index contributed by atoms with van der Waals surface area (Å²) < 4.78 is 6.12. The number of hydrogen-bond donors (Lipinski definition) is 2. The van der Waals surface area contributed by atoms with Crippen LogP contribution in [0.2, 0.25) is 0 Å². The van der Waals surface area contributed by atoms with Crippen molar-refractivity contribution >= 4 is 36.8 Å². The number of anilines is 1. The molecule has 0 aliphatic heterocycles. The summed E-state index contributed by atoms with van der Waals surface area (Å²) in [5.74, 6) is -1.90. The summed E-state index contributed by atoms with van der Waals surface area (Å²) in [6.45, 7) is 8.20. The van der Waals surface area contributed by atoms with Crippen LogP contribution >= 0.6 is 0 Å². The molecule has 0 aliphatic rings. The quantitative estimate of drug-likeness (QED) is 0.0722. The van der Waals surface area contributed by atoms with E-state index in [0.29, 0.717) is 5.69 Å². The number of esters is 1. The third kappa shape index (κ3) is 7.35. The summed E-state index contributed by atoms with van der Waals surface area (Å²) in [7, 11) is 0. The zero-order chi connectivity index (χ0) is 30.4. The summed E-state index contributed by atoms with van der Waals surface area (Å²) in [5, 5.41) is 17.4. The van der Waals surface area contributed by atoms with Gasteiger partial charge in [0.05, 0.1) is 0 Å². The maximum absolute atomic E-state index is 12.5. The van der Waals surface area contributed by atoms with Crippen LogP contribution in [0.4, 0.5) is 4.69 Å². The summed E-state index contributed by atoms with van der Waals surface area (Å²) >= 11 is -0.195. The van der Waals surface area contributed by atoms with E-state index in [1.807, 2.05) is 59.5 Å². The average molecular weight is 633 g/mol. The summed E-state index contributed by atoms with van der Waals surface area (Å²) in [4.78, 5) is 36.7. The molecule has 0 spiro atoms. The molecule has 218 valence electrons. The molecule has 4 rings (SSSR count). The fraction of sp³-hybridized carbons (Fsp3) is 0.273. The maximum atomic E-state index is 12.5. The van der Waals surface area contributed by atoms with Crippen LogP contribution in [0.5, 0.6) is 0 Å². The standard InChI is InChI=1S/C33H35N3O5Se/c1-31(2,3)40-29(39)32(4,5)41-36-27(28(37)38)21-26-22-42-30(34-26)35-33(23-15-9-6-10-16-23,24-17-11-7-12-18-24)25-19-13-8-14-20-25/h6-20,22H,21H2,1-5H3,(H,34,35)(H,37,38)/b36-27-. The van der Waals surface area contributed by atoms with Crippen molar-refractivity contribution in [3.63, 3.8) is 0 Å². The molecule has 1 heterocycles. The molecule has 0 fully saturated rings. The summed E-state index contributed by atoms with van der Waals surface area (Å²) in [5.41, 5.74) is 0.482. The van der Waals surface area contributed by atoms with Gasteiger partial charge in [-0.1, -0.05) is 0 Å². The Morgan fingerprint density at radius 2 is 1.31 bits per heavy atom. The fourth-order valence-corrected chi connectivity index (χ4v) is 5.92. The number of carboxylic acids is 1. The topological polar surface area (TPSA) is 110 Å². The van der Waals surface area contributed by atoms with E-state index in [2.05, 4.69) is 46.9 Å². The van der Waals surface area contributed by atoms with Gasteiger partial charge in [0.15, 0.2) is 0 Å². The van der Waals surface area contributed by atoms with E-state index >= 15 is 0 Å². The molecule has 3 aromatic carbocycles. The normalized spacial score (nSPS) is 12.5. The predicted molar refractivity (Wildman–Crippen MR) is 164 cm³/mol. The van der Waals surface area contributed by atoms with Gasteiger partial charge in [-0.3, -0.25) is 0 Å². The Bertz CT molecular complexity index is 1430. The number of nitrogens with zero attached hydrogens (tertiary/aromatic N) is 2. The van der Waals surface area contributed by atoms with Crippen LogP contribution in [0.25, 0.3) is 0 Å². The van der Waals surface area contributed by atoms with E-state index in [4.69, 9.17) is 14.6 Å². The zero-order valence-electron chi connectivity index (χ0n) is 24.3. The summed E-state index contributed by atoms with van der Waals surface area (Å²) in [6, 6.07) is 30.5. The van der Waals surface area contributed by atoms with Gasteiger partial charge in [-0.25, -0.2) is 0 Å². The fourth-order valence-electron chi connectivity index (χ4n) is 4.31. The monoisotopic (exact) mass is 633 g/mol. The molecular formula is C33H35N3O5Se. The molecule has 9 heteroatoms. The number of carboxylic acid groups (broad SMARTS) is 1. The number of oxime groups is 1. The van der Waals surface area contributed by atoms with Crippen LogP contribution in [0.1, 0.15) is 57.0 Å². The van der Waals surface area contributed by atoms with Gasteiger partial charge >= 0.3 is 253 Å². The average Bonchev–Trinajstić information content (AvgIpc) is 3.41. The van der Waals surface area contributed by atoms with E-state index in [0.717, 1.165) is 21.4 Å². The van der Waals surface area contributed by atoms with Crippen molar-refractivity contribution < 1.29 is 24.3 Å². The Hall–Kier alpha value is -4.20. The summed E-state index contributed by atoms with van der Waals surface area (Å²) in [6.07, 6.45) is -0.0678. The first-order chi connectivity index (χ1) is 19.9. The van der Waals surface area contributed by atoms with Crippen molar-refractivity contribution in [2.24, 2.45) is 5.16 Å². The van der Waals surface area contributed by atoms with Crippen molar-refractivity contribution in [3.05, 3.63) is 118 Å². The number of carbonyl (C=O) groups excluding carboxylic acids is 1. The number of carbonyl (C=O) groups is 2. The van der Waals surface area contributed by atoms with E-state index in [1.54, 1.807) is 20.8 Å². The molecule has 0 unspecified atom stereocenters. The Morgan fingerprint density at radius 3 is 1.74 bits per heavy atom. The number of benzene rings is 3. The van der Waals surface area contributed by atoms with E-state index in [9.17, 15) is 14.7 Å². The van der Waals surface area contributed by atoms with E-state index in [1.165, 1.54) is 13.8 Å². The second-order valence-corrected chi connectivity index (χ2v) is 13.0. The third-order valence-electron chi connectivity index (χ3n) is 6.34. The van der Waals surface area contributed by atoms with Gasteiger partial charge in [-0.2, -0.15) is 0 Å². The molecule has 0 saturated carbocycles. The van der Waals surface area contributed by atoms with Crippen molar-refractivity contribution in [2.45, 2.75) is 57.8 Å². The molecule has 0 aliphatic carbocycles. The van der Waals surface area contributed by atoms with Crippen LogP contribution in [0.3, 0.4) is 0 Å². The Balaban J connectivity index is 1.66. The van der Waals surface area contributed by atoms with Crippen molar-refractivity contribution in [1.29, 1.82) is 0 Å². The van der Waals surface area contributed by atoms with Crippen molar-refractivity contribution in [3.8, 4) is 0 Å². The first kappa shape index (κ1) is 30.8. The number of rotatable bonds is 11. The van der Waals surface area contributed by atoms with Crippen LogP contribution in [-0.2, 0) is 31.1 Å². The second-order valence-electron chi connectivity index (χ2n) is 11.2. The molecule has 0 radical (unpaired) electrons. The van der Waals surface area contributed by atoms with Crippen LogP contribution in [0.15, 0.2) is 101 Å². The molecule has 42 heavy (non-hydrogen) atoms. The molecule has 1 aromatic heterocycles. The Labute approximate surface area is 252 Å². The molecule has 0 amide bonds. The molecule has 0 saturated heterocycles. The van der Waals surface area contributed by atoms with Gasteiger partial charge in [0, 0.05) is 0 Å². The number of aliphatic carboxylic acids is 1. The molecule has 4 aromatic rings. The number of aromatic nitrogens is 1. The third-order valence-corrected chi connectivity index (χ3v) is 8.03. The molecule has 8 nitrogen and oxygen atoms in total. The number of ether oxygens (including phenoxy) is 1. The van der Waals surface area contributed by atoms with Gasteiger partial charge in [0.1, 0.15) is 0 Å². The van der Waals surface area contributed by atoms with E-state index < -0.39 is 28.7 Å². The number of hydrogen-bond acceptors (Lipinski definition) is 7. The van der Waals surface area contributed by atoms with Crippen molar-refractivity contribution in [2.75, 3.05) is 5.32 Å². The Morgan fingerprint density at radius 1 is 0.833 bits per heavy atom. The predicted octanol–water partition coefficient (Wildman–Crippen LogP) is 5.66. The molecule has 0 atom stereocenters. The first-order valence-corrected chi connectivity index (χ1v) is 15.4. The molecule has 2 N–H and O–H groups in total. The second kappa shape index (κ2) is 12.8. The van der Waals surface area contributed by atoms with Gasteiger partial charge < -0.3 is 0 Å². The van der Waals surface area contributed by atoms with Gasteiger partial charge in [-0.15, -0.1) is 0 Å². The van der Waals surface area contributed by atoms with Crippen LogP contribution < -0.4 is 5.32 Å². The van der Waals surface area contributed by atoms with Gasteiger partial charge in [0.2, 0.25) is 0 Å².